The molecule has 0 aliphatic carbocycles. The van der Waals surface area contributed by atoms with E-state index in [1.54, 1.807) is 11.6 Å². The highest BCUT2D eigenvalue weighted by molar-refractivity contribution is 6.07. The van der Waals surface area contributed by atoms with E-state index in [0.717, 1.165) is 29.2 Å². The van der Waals surface area contributed by atoms with E-state index in [2.05, 4.69) is 5.10 Å². The number of benzene rings is 2. The van der Waals surface area contributed by atoms with Crippen LogP contribution in [-0.4, -0.2) is 44.8 Å². The van der Waals surface area contributed by atoms with E-state index in [1.165, 1.54) is 6.20 Å². The zero-order chi connectivity index (χ0) is 19.0. The van der Waals surface area contributed by atoms with Crippen molar-refractivity contribution >= 4 is 22.6 Å². The number of hydrogen-bond acceptors (Lipinski definition) is 3. The molecule has 27 heavy (non-hydrogen) atoms. The first-order chi connectivity index (χ1) is 13.1. The molecule has 4 rings (SSSR count). The number of fused-ring (bicyclic) bond motifs is 1. The summed E-state index contributed by atoms with van der Waals surface area (Å²) in [6.07, 6.45) is 2.93. The predicted octanol–water partition coefficient (Wildman–Crippen LogP) is 3.52. The predicted molar refractivity (Wildman–Crippen MR) is 102 cm³/mol. The van der Waals surface area contributed by atoms with Gasteiger partial charge in [-0.3, -0.25) is 9.48 Å². The molecule has 0 spiro atoms. The highest BCUT2D eigenvalue weighted by Crippen LogP contribution is 2.27. The van der Waals surface area contributed by atoms with Gasteiger partial charge < -0.3 is 10.0 Å². The Morgan fingerprint density at radius 2 is 1.74 bits per heavy atom. The van der Waals surface area contributed by atoms with Crippen molar-refractivity contribution in [1.29, 1.82) is 0 Å². The van der Waals surface area contributed by atoms with Crippen molar-refractivity contribution in [3.05, 3.63) is 65.5 Å². The van der Waals surface area contributed by atoms with Crippen LogP contribution in [0.1, 0.15) is 45.3 Å². The monoisotopic (exact) mass is 363 g/mol. The smallest absolute Gasteiger partial charge is 0.339 e. The molecule has 1 N–H and O–H groups in total. The average Bonchev–Trinajstić information content (AvgIpc) is 3.09. The maximum atomic E-state index is 13.0. The summed E-state index contributed by atoms with van der Waals surface area (Å²) in [5.74, 6) is -0.906. The highest BCUT2D eigenvalue weighted by atomic mass is 16.4. The zero-order valence-electron chi connectivity index (χ0n) is 15.1. The van der Waals surface area contributed by atoms with Gasteiger partial charge in [-0.2, -0.15) is 5.10 Å². The molecule has 0 unspecified atom stereocenters. The number of nitrogens with zero attached hydrogens (tertiary/aromatic N) is 3. The Balaban J connectivity index is 1.51. The quantitative estimate of drug-likeness (QED) is 0.772. The number of carbonyl (C=O) groups excluding carboxylic acids is 1. The molecule has 6 nitrogen and oxygen atoms in total. The number of piperidine rings is 1. The van der Waals surface area contributed by atoms with Crippen LogP contribution in [0.5, 0.6) is 0 Å². The Bertz CT molecular complexity index is 1010. The maximum absolute atomic E-state index is 13.0. The number of likely N-dealkylation sites (tertiary alicyclic amines) is 1. The third-order valence-electron chi connectivity index (χ3n) is 5.39. The fourth-order valence-electron chi connectivity index (χ4n) is 3.90. The number of aromatic carboxylic acids is 1. The van der Waals surface area contributed by atoms with Crippen molar-refractivity contribution in [3.63, 3.8) is 0 Å². The number of hydrogen-bond donors (Lipinski definition) is 1. The molecular weight excluding hydrogens is 342 g/mol. The number of carbonyl (C=O) groups is 2. The number of rotatable bonds is 3. The molecule has 1 aliphatic rings. The van der Waals surface area contributed by atoms with Crippen LogP contribution < -0.4 is 0 Å². The molecule has 0 saturated carbocycles. The summed E-state index contributed by atoms with van der Waals surface area (Å²) < 4.78 is 1.79. The lowest BCUT2D eigenvalue weighted by Gasteiger charge is -2.33. The molecule has 1 aromatic heterocycles. The lowest BCUT2D eigenvalue weighted by Crippen LogP contribution is -2.39. The molecule has 1 saturated heterocycles. The minimum atomic E-state index is -0.956. The molecular formula is C21H21N3O3. The van der Waals surface area contributed by atoms with Gasteiger partial charge in [-0.05, 0) is 36.6 Å². The van der Waals surface area contributed by atoms with Crippen molar-refractivity contribution < 1.29 is 14.7 Å². The third-order valence-corrected chi connectivity index (χ3v) is 5.39. The number of carboxylic acids is 1. The fourth-order valence-corrected chi connectivity index (χ4v) is 3.90. The molecule has 3 aromatic rings. The molecule has 0 bridgehead atoms. The molecule has 6 heteroatoms. The second-order valence-electron chi connectivity index (χ2n) is 6.94. The van der Waals surface area contributed by atoms with Crippen LogP contribution in [0.3, 0.4) is 0 Å². The summed E-state index contributed by atoms with van der Waals surface area (Å²) in [5, 5.41) is 15.5. The van der Waals surface area contributed by atoms with E-state index in [0.29, 0.717) is 18.8 Å². The number of carboxylic acid groups (broad SMARTS) is 1. The molecule has 1 aliphatic heterocycles. The Morgan fingerprint density at radius 1 is 1.04 bits per heavy atom. The summed E-state index contributed by atoms with van der Waals surface area (Å²) in [4.78, 5) is 26.1. The second-order valence-corrected chi connectivity index (χ2v) is 6.94. The number of amides is 1. The second kappa shape index (κ2) is 6.87. The summed E-state index contributed by atoms with van der Waals surface area (Å²) in [6, 6.07) is 13.9. The van der Waals surface area contributed by atoms with Crippen LogP contribution in [0.25, 0.3) is 10.8 Å². The summed E-state index contributed by atoms with van der Waals surface area (Å²) in [7, 11) is 0. The van der Waals surface area contributed by atoms with E-state index in [-0.39, 0.29) is 17.5 Å². The first kappa shape index (κ1) is 17.3. The van der Waals surface area contributed by atoms with Gasteiger partial charge in [0.25, 0.3) is 5.91 Å². The summed E-state index contributed by atoms with van der Waals surface area (Å²) >= 11 is 0. The van der Waals surface area contributed by atoms with Crippen molar-refractivity contribution in [2.24, 2.45) is 0 Å². The van der Waals surface area contributed by atoms with Crippen molar-refractivity contribution in [3.8, 4) is 0 Å². The van der Waals surface area contributed by atoms with E-state index >= 15 is 0 Å². The Kier molecular flexibility index (Phi) is 4.39. The topological polar surface area (TPSA) is 75.4 Å². The molecule has 138 valence electrons. The first-order valence-electron chi connectivity index (χ1n) is 9.10. The molecule has 1 fully saturated rings. The van der Waals surface area contributed by atoms with Gasteiger partial charge in [0, 0.05) is 18.7 Å². The van der Waals surface area contributed by atoms with Gasteiger partial charge in [0.1, 0.15) is 5.56 Å². The molecule has 0 atom stereocenters. The van der Waals surface area contributed by atoms with Crippen molar-refractivity contribution in [2.75, 3.05) is 13.1 Å². The third kappa shape index (κ3) is 3.07. The van der Waals surface area contributed by atoms with Crippen LogP contribution in [0, 0.1) is 6.92 Å². The van der Waals surface area contributed by atoms with Crippen LogP contribution in [-0.2, 0) is 0 Å². The highest BCUT2D eigenvalue weighted by Gasteiger charge is 2.27. The summed E-state index contributed by atoms with van der Waals surface area (Å²) in [6.45, 7) is 3.05. The van der Waals surface area contributed by atoms with Gasteiger partial charge in [-0.1, -0.05) is 36.4 Å². The van der Waals surface area contributed by atoms with E-state index < -0.39 is 5.97 Å². The minimum absolute atomic E-state index is 0.0497. The van der Waals surface area contributed by atoms with Gasteiger partial charge in [-0.25, -0.2) is 4.79 Å². The van der Waals surface area contributed by atoms with E-state index in [4.69, 9.17) is 0 Å². The van der Waals surface area contributed by atoms with Crippen LogP contribution in [0.15, 0.2) is 48.7 Å². The standard InChI is InChI=1S/C21H21N3O3/c1-14-19(21(26)27)13-22-24(14)16-9-11-23(12-10-16)20(25)18-8-4-6-15-5-2-3-7-17(15)18/h2-8,13,16H,9-12H2,1H3,(H,26,27). The molecule has 1 amide bonds. The van der Waals surface area contributed by atoms with Gasteiger partial charge in [0.05, 0.1) is 17.9 Å². The van der Waals surface area contributed by atoms with Crippen LogP contribution in [0.4, 0.5) is 0 Å². The van der Waals surface area contributed by atoms with Crippen LogP contribution >= 0.6 is 0 Å². The Labute approximate surface area is 157 Å². The Hall–Kier alpha value is -3.15. The molecule has 2 aromatic carbocycles. The normalized spacial score (nSPS) is 15.2. The summed E-state index contributed by atoms with van der Waals surface area (Å²) in [5.41, 5.74) is 1.64. The fraction of sp³-hybridized carbons (Fsp3) is 0.286. The van der Waals surface area contributed by atoms with Gasteiger partial charge in [-0.15, -0.1) is 0 Å². The lowest BCUT2D eigenvalue weighted by molar-refractivity contribution is 0.0689. The average molecular weight is 363 g/mol. The van der Waals surface area contributed by atoms with Crippen molar-refractivity contribution in [2.45, 2.75) is 25.8 Å². The lowest BCUT2D eigenvalue weighted by atomic mass is 10.0. The SMILES string of the molecule is Cc1c(C(=O)O)cnn1C1CCN(C(=O)c2cccc3ccccc23)CC1. The largest absolute Gasteiger partial charge is 0.478 e. The van der Waals surface area contributed by atoms with E-state index in [9.17, 15) is 14.7 Å². The molecule has 0 radical (unpaired) electrons. The minimum Gasteiger partial charge on any atom is -0.478 e. The zero-order valence-corrected chi connectivity index (χ0v) is 15.1. The van der Waals surface area contributed by atoms with Gasteiger partial charge in [0.2, 0.25) is 0 Å². The van der Waals surface area contributed by atoms with Gasteiger partial charge >= 0.3 is 5.97 Å². The number of aromatic nitrogens is 2. The Morgan fingerprint density at radius 3 is 2.44 bits per heavy atom. The van der Waals surface area contributed by atoms with Gasteiger partial charge in [0.15, 0.2) is 0 Å². The first-order valence-corrected chi connectivity index (χ1v) is 9.10. The van der Waals surface area contributed by atoms with Crippen LogP contribution in [0.2, 0.25) is 0 Å². The van der Waals surface area contributed by atoms with Crippen molar-refractivity contribution in [1.82, 2.24) is 14.7 Å². The molecule has 2 heterocycles. The van der Waals surface area contributed by atoms with E-state index in [1.807, 2.05) is 47.4 Å². The maximum Gasteiger partial charge on any atom is 0.339 e.